The van der Waals surface area contributed by atoms with Crippen molar-refractivity contribution in [3.05, 3.63) is 24.6 Å². The van der Waals surface area contributed by atoms with Crippen LogP contribution in [0.4, 0.5) is 4.79 Å². The Morgan fingerprint density at radius 2 is 2.32 bits per heavy atom. The third-order valence-electron chi connectivity index (χ3n) is 4.57. The van der Waals surface area contributed by atoms with Gasteiger partial charge in [-0.15, -0.1) is 0 Å². The number of carbonyl (C=O) groups is 2. The number of amides is 2. The van der Waals surface area contributed by atoms with E-state index in [4.69, 9.17) is 9.47 Å². The van der Waals surface area contributed by atoms with E-state index in [1.54, 1.807) is 12.5 Å². The average Bonchev–Trinajstić information content (AvgIpc) is 2.80. The molecular formula is C17H24N4O4. The summed E-state index contributed by atoms with van der Waals surface area (Å²) in [4.78, 5) is 29.6. The molecule has 136 valence electrons. The van der Waals surface area contributed by atoms with Crippen LogP contribution in [0, 0.1) is 5.92 Å². The number of nitrogens with one attached hydrogen (secondary N) is 2. The van der Waals surface area contributed by atoms with E-state index in [9.17, 15) is 9.59 Å². The minimum absolute atomic E-state index is 0.0929. The van der Waals surface area contributed by atoms with Gasteiger partial charge in [-0.3, -0.25) is 14.7 Å². The maximum absolute atomic E-state index is 12.5. The van der Waals surface area contributed by atoms with Crippen LogP contribution < -0.4 is 10.6 Å². The summed E-state index contributed by atoms with van der Waals surface area (Å²) in [5, 5.41) is 5.92. The van der Waals surface area contributed by atoms with Crippen molar-refractivity contribution in [1.82, 2.24) is 15.5 Å². The highest BCUT2D eigenvalue weighted by Gasteiger charge is 2.41. The van der Waals surface area contributed by atoms with Crippen LogP contribution in [-0.2, 0) is 14.3 Å². The number of carbonyl (C=O) groups excluding carboxylic acids is 2. The Morgan fingerprint density at radius 1 is 1.48 bits per heavy atom. The van der Waals surface area contributed by atoms with E-state index < -0.39 is 6.23 Å². The fourth-order valence-corrected chi connectivity index (χ4v) is 3.31. The number of hydrogen-bond acceptors (Lipinski definition) is 6. The molecule has 25 heavy (non-hydrogen) atoms. The van der Waals surface area contributed by atoms with E-state index >= 15 is 0 Å². The van der Waals surface area contributed by atoms with Gasteiger partial charge in [-0.2, -0.15) is 0 Å². The third-order valence-corrected chi connectivity index (χ3v) is 4.57. The monoisotopic (exact) mass is 348 g/mol. The third kappa shape index (κ3) is 4.01. The van der Waals surface area contributed by atoms with Crippen LogP contribution in [0.5, 0.6) is 0 Å². The summed E-state index contributed by atoms with van der Waals surface area (Å²) in [7, 11) is 0. The van der Waals surface area contributed by atoms with Gasteiger partial charge in [0.2, 0.25) is 0 Å². The van der Waals surface area contributed by atoms with Crippen molar-refractivity contribution in [3.8, 4) is 0 Å². The standard InChI is InChI=1S/C17H24N4O4/c1-3-14-15(24-11(2)22)8-16(25-14)21-7-5-13(20-17(21)23)12-4-6-18-10-19-9-12/h4-7,10,12-16H,3,8-9H2,1-2H3,(H,18,19)(H,20,23). The molecular weight excluding hydrogens is 324 g/mol. The summed E-state index contributed by atoms with van der Waals surface area (Å²) < 4.78 is 11.2. The van der Waals surface area contributed by atoms with Gasteiger partial charge < -0.3 is 20.1 Å². The zero-order chi connectivity index (χ0) is 17.8. The van der Waals surface area contributed by atoms with E-state index in [1.807, 2.05) is 25.3 Å². The molecule has 5 atom stereocenters. The van der Waals surface area contributed by atoms with Crippen LogP contribution in [0.1, 0.15) is 26.7 Å². The lowest BCUT2D eigenvalue weighted by molar-refractivity contribution is -0.149. The molecule has 8 nitrogen and oxygen atoms in total. The molecule has 0 bridgehead atoms. The average molecular weight is 348 g/mol. The minimum Gasteiger partial charge on any atom is -0.460 e. The smallest absolute Gasteiger partial charge is 0.324 e. The Labute approximate surface area is 146 Å². The molecule has 3 aliphatic rings. The fourth-order valence-electron chi connectivity index (χ4n) is 3.31. The van der Waals surface area contributed by atoms with E-state index in [0.717, 1.165) is 0 Å². The van der Waals surface area contributed by atoms with Crippen molar-refractivity contribution in [2.75, 3.05) is 6.54 Å². The summed E-state index contributed by atoms with van der Waals surface area (Å²) in [6.45, 7) is 3.96. The summed E-state index contributed by atoms with van der Waals surface area (Å²) >= 11 is 0. The van der Waals surface area contributed by atoms with Crippen LogP contribution >= 0.6 is 0 Å². The second-order valence-electron chi connectivity index (χ2n) is 6.33. The van der Waals surface area contributed by atoms with Crippen LogP contribution in [0.15, 0.2) is 29.5 Å². The predicted molar refractivity (Wildman–Crippen MR) is 91.5 cm³/mol. The number of rotatable bonds is 4. The van der Waals surface area contributed by atoms with Gasteiger partial charge >= 0.3 is 12.0 Å². The van der Waals surface area contributed by atoms with Crippen molar-refractivity contribution in [2.45, 2.75) is 51.2 Å². The quantitative estimate of drug-likeness (QED) is 0.743. The largest absolute Gasteiger partial charge is 0.460 e. The Kier molecular flexibility index (Phi) is 5.37. The first kappa shape index (κ1) is 17.5. The van der Waals surface area contributed by atoms with E-state index in [1.165, 1.54) is 11.8 Å². The Bertz CT molecular complexity index is 603. The van der Waals surface area contributed by atoms with Gasteiger partial charge in [0.15, 0.2) is 0 Å². The Morgan fingerprint density at radius 3 is 3.04 bits per heavy atom. The molecule has 1 saturated heterocycles. The summed E-state index contributed by atoms with van der Waals surface area (Å²) in [6, 6.07) is -0.338. The van der Waals surface area contributed by atoms with Crippen LogP contribution in [0.2, 0.25) is 0 Å². The molecule has 0 aromatic carbocycles. The molecule has 0 radical (unpaired) electrons. The van der Waals surface area contributed by atoms with Gasteiger partial charge in [0.25, 0.3) is 0 Å². The number of ether oxygens (including phenoxy) is 2. The molecule has 3 heterocycles. The second kappa shape index (κ2) is 7.69. The summed E-state index contributed by atoms with van der Waals surface area (Å²) in [5.41, 5.74) is 0. The second-order valence-corrected chi connectivity index (χ2v) is 6.33. The Hall–Kier alpha value is -2.35. The SMILES string of the molecule is CCC1OC(N2C=CC(C3C=CNC=NC3)NC2=O)CC1OC(C)=O. The number of esters is 1. The summed E-state index contributed by atoms with van der Waals surface area (Å²) in [5.74, 6) is -0.240. The van der Waals surface area contributed by atoms with Crippen LogP contribution in [0.25, 0.3) is 0 Å². The highest BCUT2D eigenvalue weighted by molar-refractivity contribution is 5.77. The molecule has 0 aromatic heterocycles. The van der Waals surface area contributed by atoms with Crippen molar-refractivity contribution >= 4 is 18.3 Å². The van der Waals surface area contributed by atoms with Crippen molar-refractivity contribution < 1.29 is 19.1 Å². The lowest BCUT2D eigenvalue weighted by Gasteiger charge is -2.33. The number of nitrogens with zero attached hydrogens (tertiary/aromatic N) is 2. The van der Waals surface area contributed by atoms with E-state index in [0.29, 0.717) is 19.4 Å². The van der Waals surface area contributed by atoms with E-state index in [2.05, 4.69) is 15.6 Å². The van der Waals surface area contributed by atoms with Gasteiger partial charge in [-0.25, -0.2) is 4.79 Å². The van der Waals surface area contributed by atoms with Gasteiger partial charge in [0, 0.05) is 32.0 Å². The highest BCUT2D eigenvalue weighted by Crippen LogP contribution is 2.29. The zero-order valence-electron chi connectivity index (χ0n) is 14.4. The number of aliphatic imine (C=N–C) groups is 1. The first-order valence-electron chi connectivity index (χ1n) is 8.59. The van der Waals surface area contributed by atoms with Gasteiger partial charge in [-0.05, 0) is 18.7 Å². The maximum Gasteiger partial charge on any atom is 0.324 e. The van der Waals surface area contributed by atoms with Crippen molar-refractivity contribution in [2.24, 2.45) is 10.9 Å². The zero-order valence-corrected chi connectivity index (χ0v) is 14.4. The van der Waals surface area contributed by atoms with Gasteiger partial charge in [0.05, 0.1) is 18.5 Å². The maximum atomic E-state index is 12.5. The number of urea groups is 1. The molecule has 2 amide bonds. The van der Waals surface area contributed by atoms with E-state index in [-0.39, 0.29) is 36.2 Å². The molecule has 0 aromatic rings. The lowest BCUT2D eigenvalue weighted by atomic mass is 9.98. The molecule has 0 saturated carbocycles. The topological polar surface area (TPSA) is 92.3 Å². The molecule has 1 fully saturated rings. The summed E-state index contributed by atoms with van der Waals surface area (Å²) in [6.07, 6.45) is 9.39. The van der Waals surface area contributed by atoms with Crippen LogP contribution in [-0.4, -0.2) is 54.3 Å². The minimum atomic E-state index is -0.434. The highest BCUT2D eigenvalue weighted by atomic mass is 16.6. The lowest BCUT2D eigenvalue weighted by Crippen LogP contribution is -2.52. The molecule has 2 N–H and O–H groups in total. The van der Waals surface area contributed by atoms with Crippen molar-refractivity contribution in [3.63, 3.8) is 0 Å². The van der Waals surface area contributed by atoms with Gasteiger partial charge in [-0.1, -0.05) is 13.0 Å². The molecule has 8 heteroatoms. The molecule has 5 unspecified atom stereocenters. The Balaban J connectivity index is 1.66. The van der Waals surface area contributed by atoms with Gasteiger partial charge in [0.1, 0.15) is 12.3 Å². The predicted octanol–water partition coefficient (Wildman–Crippen LogP) is 1.11. The molecule has 3 aliphatic heterocycles. The fraction of sp³-hybridized carbons (Fsp3) is 0.588. The first-order valence-corrected chi connectivity index (χ1v) is 8.59. The molecule has 0 spiro atoms. The normalized spacial score (nSPS) is 34.4. The van der Waals surface area contributed by atoms with Crippen molar-refractivity contribution in [1.29, 1.82) is 0 Å². The first-order chi connectivity index (χ1) is 12.1. The number of hydrogen-bond donors (Lipinski definition) is 2. The molecule has 0 aliphatic carbocycles. The van der Waals surface area contributed by atoms with Crippen LogP contribution in [0.3, 0.4) is 0 Å². The molecule has 3 rings (SSSR count).